The van der Waals surface area contributed by atoms with Gasteiger partial charge in [-0.2, -0.15) is 0 Å². The Morgan fingerprint density at radius 2 is 1.64 bits per heavy atom. The van der Waals surface area contributed by atoms with Crippen LogP contribution in [0, 0.1) is 0 Å². The number of carbonyl (C=O) groups is 2. The SMILES string of the molecule is O=C1c2cccc(Cl)c2C(=O)c2c(NCCCO)cccc21. The Balaban J connectivity index is 2.12. The summed E-state index contributed by atoms with van der Waals surface area (Å²) < 4.78 is 0. The summed E-state index contributed by atoms with van der Waals surface area (Å²) in [6.45, 7) is 0.577. The number of anilines is 1. The van der Waals surface area contributed by atoms with E-state index >= 15 is 0 Å². The minimum absolute atomic E-state index is 0.0591. The van der Waals surface area contributed by atoms with Crippen LogP contribution in [0.4, 0.5) is 5.69 Å². The molecule has 0 saturated heterocycles. The van der Waals surface area contributed by atoms with Gasteiger partial charge < -0.3 is 10.4 Å². The second kappa shape index (κ2) is 5.91. The number of carbonyl (C=O) groups excluding carboxylic acids is 2. The predicted octanol–water partition coefficient (Wildman–Crippen LogP) is 2.91. The average molecular weight is 316 g/mol. The largest absolute Gasteiger partial charge is 0.396 e. The smallest absolute Gasteiger partial charge is 0.198 e. The summed E-state index contributed by atoms with van der Waals surface area (Å²) in [6.07, 6.45) is 0.559. The van der Waals surface area contributed by atoms with E-state index in [1.807, 2.05) is 0 Å². The van der Waals surface area contributed by atoms with Gasteiger partial charge in [-0.1, -0.05) is 35.9 Å². The van der Waals surface area contributed by atoms with E-state index in [-0.39, 0.29) is 28.8 Å². The number of nitrogens with one attached hydrogen (secondary N) is 1. The van der Waals surface area contributed by atoms with Crippen molar-refractivity contribution in [1.82, 2.24) is 0 Å². The zero-order valence-electron chi connectivity index (χ0n) is 11.7. The molecule has 0 aliphatic heterocycles. The summed E-state index contributed by atoms with van der Waals surface area (Å²) in [5, 5.41) is 12.2. The van der Waals surface area contributed by atoms with E-state index in [2.05, 4.69) is 5.32 Å². The Kier molecular flexibility index (Phi) is 3.96. The molecule has 0 saturated carbocycles. The van der Waals surface area contributed by atoms with Crippen LogP contribution in [0.1, 0.15) is 38.3 Å². The number of ketones is 2. The minimum atomic E-state index is -0.248. The fraction of sp³-hybridized carbons (Fsp3) is 0.176. The van der Waals surface area contributed by atoms with Gasteiger partial charge in [0.25, 0.3) is 0 Å². The van der Waals surface area contributed by atoms with Crippen LogP contribution in [0.15, 0.2) is 36.4 Å². The summed E-state index contributed by atoms with van der Waals surface area (Å²) >= 11 is 6.12. The van der Waals surface area contributed by atoms with Gasteiger partial charge >= 0.3 is 0 Å². The van der Waals surface area contributed by atoms with E-state index in [0.717, 1.165) is 0 Å². The lowest BCUT2D eigenvalue weighted by Gasteiger charge is -2.21. The molecule has 3 rings (SSSR count). The highest BCUT2D eigenvalue weighted by Crippen LogP contribution is 2.35. The first-order valence-corrected chi connectivity index (χ1v) is 7.38. The molecule has 1 aliphatic rings. The van der Waals surface area contributed by atoms with Crippen LogP contribution in [0.25, 0.3) is 0 Å². The predicted molar refractivity (Wildman–Crippen MR) is 85.0 cm³/mol. The van der Waals surface area contributed by atoms with E-state index in [0.29, 0.717) is 35.3 Å². The van der Waals surface area contributed by atoms with Crippen LogP contribution in [0.5, 0.6) is 0 Å². The molecule has 0 bridgehead atoms. The summed E-state index contributed by atoms with van der Waals surface area (Å²) in [4.78, 5) is 25.4. The zero-order valence-corrected chi connectivity index (χ0v) is 12.5. The molecule has 2 aromatic carbocycles. The van der Waals surface area contributed by atoms with Crippen molar-refractivity contribution in [3.63, 3.8) is 0 Å². The molecule has 1 aliphatic carbocycles. The van der Waals surface area contributed by atoms with E-state index in [1.165, 1.54) is 0 Å². The van der Waals surface area contributed by atoms with Gasteiger partial charge in [0.2, 0.25) is 0 Å². The molecule has 0 aromatic heterocycles. The molecule has 2 N–H and O–H groups in total. The standard InChI is InChI=1S/C17H14ClNO3/c18-12-6-1-4-10-14(12)17(22)15-11(16(10)21)5-2-7-13(15)19-8-3-9-20/h1-2,4-7,19-20H,3,8-9H2. The van der Waals surface area contributed by atoms with Gasteiger partial charge in [-0.25, -0.2) is 0 Å². The molecule has 22 heavy (non-hydrogen) atoms. The third-order valence-corrected chi connectivity index (χ3v) is 3.99. The number of aliphatic hydroxyl groups is 1. The lowest BCUT2D eigenvalue weighted by atomic mass is 9.83. The van der Waals surface area contributed by atoms with Crippen LogP contribution >= 0.6 is 11.6 Å². The van der Waals surface area contributed by atoms with Crippen LogP contribution in [-0.2, 0) is 0 Å². The van der Waals surface area contributed by atoms with Crippen molar-refractivity contribution in [2.75, 3.05) is 18.5 Å². The van der Waals surface area contributed by atoms with Gasteiger partial charge in [-0.05, 0) is 18.6 Å². The maximum absolute atomic E-state index is 12.8. The Labute approximate surface area is 132 Å². The number of aliphatic hydroxyl groups excluding tert-OH is 1. The van der Waals surface area contributed by atoms with Gasteiger partial charge in [0.1, 0.15) is 0 Å². The average Bonchev–Trinajstić information content (AvgIpc) is 2.52. The summed E-state index contributed by atoms with van der Waals surface area (Å²) in [5.74, 6) is -0.444. The lowest BCUT2D eigenvalue weighted by Crippen LogP contribution is -2.23. The third-order valence-electron chi connectivity index (χ3n) is 3.67. The molecule has 2 aromatic rings. The number of benzene rings is 2. The van der Waals surface area contributed by atoms with Crippen molar-refractivity contribution >= 4 is 28.9 Å². The maximum Gasteiger partial charge on any atom is 0.198 e. The summed E-state index contributed by atoms with van der Waals surface area (Å²) in [7, 11) is 0. The fourth-order valence-electron chi connectivity index (χ4n) is 2.65. The molecule has 112 valence electrons. The molecule has 0 fully saturated rings. The molecule has 0 radical (unpaired) electrons. The fourth-order valence-corrected chi connectivity index (χ4v) is 2.91. The number of rotatable bonds is 4. The van der Waals surface area contributed by atoms with Crippen molar-refractivity contribution in [3.05, 3.63) is 63.7 Å². The number of hydrogen-bond donors (Lipinski definition) is 2. The van der Waals surface area contributed by atoms with Crippen LogP contribution < -0.4 is 5.32 Å². The van der Waals surface area contributed by atoms with E-state index < -0.39 is 0 Å². The van der Waals surface area contributed by atoms with Crippen molar-refractivity contribution in [2.45, 2.75) is 6.42 Å². The first kappa shape index (κ1) is 14.8. The minimum Gasteiger partial charge on any atom is -0.396 e. The summed E-state index contributed by atoms with van der Waals surface area (Å²) in [5.41, 5.74) is 1.94. The molecular formula is C17H14ClNO3. The molecule has 0 spiro atoms. The molecule has 0 heterocycles. The molecule has 0 atom stereocenters. The zero-order chi connectivity index (χ0) is 15.7. The maximum atomic E-state index is 12.8. The highest BCUT2D eigenvalue weighted by Gasteiger charge is 2.32. The second-order valence-corrected chi connectivity index (χ2v) is 5.46. The first-order valence-electron chi connectivity index (χ1n) is 7.01. The monoisotopic (exact) mass is 315 g/mol. The third kappa shape index (κ3) is 2.30. The van der Waals surface area contributed by atoms with Crippen molar-refractivity contribution in [1.29, 1.82) is 0 Å². The molecule has 4 nitrogen and oxygen atoms in total. The normalized spacial score (nSPS) is 12.8. The highest BCUT2D eigenvalue weighted by molar-refractivity contribution is 6.39. The molecular weight excluding hydrogens is 302 g/mol. The number of hydrogen-bond acceptors (Lipinski definition) is 4. The van der Waals surface area contributed by atoms with Crippen molar-refractivity contribution in [3.8, 4) is 0 Å². The molecule has 5 heteroatoms. The van der Waals surface area contributed by atoms with E-state index in [1.54, 1.807) is 36.4 Å². The number of halogens is 1. The van der Waals surface area contributed by atoms with Crippen LogP contribution in [0.2, 0.25) is 5.02 Å². The van der Waals surface area contributed by atoms with E-state index in [4.69, 9.17) is 16.7 Å². The highest BCUT2D eigenvalue weighted by atomic mass is 35.5. The van der Waals surface area contributed by atoms with Gasteiger partial charge in [0.15, 0.2) is 11.6 Å². The van der Waals surface area contributed by atoms with Crippen molar-refractivity contribution in [2.24, 2.45) is 0 Å². The van der Waals surface area contributed by atoms with Gasteiger partial charge in [0, 0.05) is 30.0 Å². The first-order chi connectivity index (χ1) is 10.6. The molecule has 0 amide bonds. The Bertz CT molecular complexity index is 770. The summed E-state index contributed by atoms with van der Waals surface area (Å²) in [6, 6.07) is 10.0. The van der Waals surface area contributed by atoms with Gasteiger partial charge in [-0.3, -0.25) is 9.59 Å². The second-order valence-electron chi connectivity index (χ2n) is 5.05. The van der Waals surface area contributed by atoms with Gasteiger partial charge in [-0.15, -0.1) is 0 Å². The lowest BCUT2D eigenvalue weighted by molar-refractivity contribution is 0.0979. The topological polar surface area (TPSA) is 66.4 Å². The Morgan fingerprint density at radius 1 is 0.955 bits per heavy atom. The number of fused-ring (bicyclic) bond motifs is 2. The van der Waals surface area contributed by atoms with Crippen LogP contribution in [-0.4, -0.2) is 29.8 Å². The Hall–Kier alpha value is -2.17. The van der Waals surface area contributed by atoms with E-state index in [9.17, 15) is 9.59 Å². The molecule has 0 unspecified atom stereocenters. The van der Waals surface area contributed by atoms with Crippen LogP contribution in [0.3, 0.4) is 0 Å². The quantitative estimate of drug-likeness (QED) is 0.727. The van der Waals surface area contributed by atoms with Gasteiger partial charge in [0.05, 0.1) is 16.1 Å². The Morgan fingerprint density at radius 3 is 2.36 bits per heavy atom. The van der Waals surface area contributed by atoms with Crippen molar-refractivity contribution < 1.29 is 14.7 Å².